The largest absolute Gasteiger partial charge is 0.500 e. The number of rotatable bonds is 7. The number of hydrogen-bond acceptors (Lipinski definition) is 5. The van der Waals surface area contributed by atoms with E-state index in [1.165, 1.54) is 4.57 Å². The lowest BCUT2D eigenvalue weighted by Gasteiger charge is -2.24. The molecule has 0 amide bonds. The van der Waals surface area contributed by atoms with Crippen molar-refractivity contribution in [2.24, 2.45) is 0 Å². The highest BCUT2D eigenvalue weighted by Crippen LogP contribution is 2.28. The van der Waals surface area contributed by atoms with Gasteiger partial charge in [-0.3, -0.25) is 14.2 Å². The highest BCUT2D eigenvalue weighted by molar-refractivity contribution is 6.60. The first-order valence-corrected chi connectivity index (χ1v) is 13.5. The summed E-state index contributed by atoms with van der Waals surface area (Å²) in [4.78, 5) is 27.7. The van der Waals surface area contributed by atoms with Crippen molar-refractivity contribution >= 4 is 51.9 Å². The normalized spacial score (nSPS) is 12.2. The average Bonchev–Trinajstić information content (AvgIpc) is 2.98. The third-order valence-corrected chi connectivity index (χ3v) is 9.64. The van der Waals surface area contributed by atoms with Gasteiger partial charge in [0.1, 0.15) is 0 Å². The minimum absolute atomic E-state index is 0.237. The SMILES string of the molecule is CO[Si](CCCn1c(=O)c2cc3ccccc3cc2c2cc3ccccc3cc2c1=O)(OC)OC. The number of nitrogens with zero attached hydrogens (tertiary/aromatic N) is 1. The van der Waals surface area contributed by atoms with Crippen molar-refractivity contribution in [2.45, 2.75) is 19.0 Å². The molecule has 0 spiro atoms. The highest BCUT2D eigenvalue weighted by atomic mass is 28.4. The van der Waals surface area contributed by atoms with Crippen LogP contribution >= 0.6 is 0 Å². The Hall–Kier alpha value is -3.36. The minimum atomic E-state index is -2.82. The van der Waals surface area contributed by atoms with Crippen LogP contribution in [0.15, 0.2) is 82.4 Å². The molecule has 0 saturated carbocycles. The van der Waals surface area contributed by atoms with Gasteiger partial charge in [-0.25, -0.2) is 0 Å². The summed E-state index contributed by atoms with van der Waals surface area (Å²) in [6.45, 7) is 0.237. The second kappa shape index (κ2) is 9.35. The molecule has 0 bridgehead atoms. The lowest BCUT2D eigenvalue weighted by Crippen LogP contribution is -2.43. The Balaban J connectivity index is 1.81. The molecule has 1 aromatic heterocycles. The molecule has 5 aromatic rings. The van der Waals surface area contributed by atoms with Gasteiger partial charge >= 0.3 is 8.80 Å². The Labute approximate surface area is 203 Å². The number of hydrogen-bond donors (Lipinski definition) is 0. The van der Waals surface area contributed by atoms with Crippen LogP contribution in [0.2, 0.25) is 6.04 Å². The number of aromatic nitrogens is 1. The monoisotopic (exact) mass is 485 g/mol. The molecular weight excluding hydrogens is 458 g/mol. The van der Waals surface area contributed by atoms with E-state index in [0.717, 1.165) is 32.3 Å². The van der Waals surface area contributed by atoms with E-state index in [-0.39, 0.29) is 17.7 Å². The molecule has 4 aromatic carbocycles. The molecule has 0 fully saturated rings. The summed E-state index contributed by atoms with van der Waals surface area (Å²) < 4.78 is 17.9. The first kappa shape index (κ1) is 23.4. The molecule has 0 unspecified atom stereocenters. The second-order valence-electron chi connectivity index (χ2n) is 8.65. The molecule has 35 heavy (non-hydrogen) atoms. The molecular formula is C28H27NO5Si. The maximum Gasteiger partial charge on any atom is 0.500 e. The average molecular weight is 486 g/mol. The number of benzene rings is 4. The summed E-state index contributed by atoms with van der Waals surface area (Å²) >= 11 is 0. The van der Waals surface area contributed by atoms with Crippen molar-refractivity contribution in [3.63, 3.8) is 0 Å². The molecule has 0 aliphatic heterocycles. The summed E-state index contributed by atoms with van der Waals surface area (Å²) in [6.07, 6.45) is 0.505. The van der Waals surface area contributed by atoms with E-state index in [2.05, 4.69) is 0 Å². The lowest BCUT2D eigenvalue weighted by molar-refractivity contribution is 0.122. The summed E-state index contributed by atoms with van der Waals surface area (Å²) in [5, 5.41) is 6.57. The van der Waals surface area contributed by atoms with Gasteiger partial charge in [-0.1, -0.05) is 48.5 Å². The predicted octanol–water partition coefficient (Wildman–Crippen LogP) is 5.09. The summed E-state index contributed by atoms with van der Waals surface area (Å²) in [6, 6.07) is 24.2. The maximum atomic E-state index is 13.8. The Morgan fingerprint density at radius 1 is 0.629 bits per heavy atom. The van der Waals surface area contributed by atoms with Gasteiger partial charge in [-0.2, -0.15) is 0 Å². The third-order valence-electron chi connectivity index (χ3n) is 6.81. The highest BCUT2D eigenvalue weighted by Gasteiger charge is 2.37. The van der Waals surface area contributed by atoms with Gasteiger partial charge in [0.25, 0.3) is 11.1 Å². The van der Waals surface area contributed by atoms with E-state index >= 15 is 0 Å². The van der Waals surface area contributed by atoms with E-state index in [1.807, 2.05) is 72.8 Å². The topological polar surface area (TPSA) is 66.8 Å². The maximum absolute atomic E-state index is 13.8. The number of fused-ring (bicyclic) bond motifs is 5. The zero-order chi connectivity index (χ0) is 24.6. The fraction of sp³-hybridized carbons (Fsp3) is 0.214. The molecule has 0 radical (unpaired) electrons. The first-order valence-electron chi connectivity index (χ1n) is 11.6. The summed E-state index contributed by atoms with van der Waals surface area (Å²) in [5.74, 6) is 0. The fourth-order valence-electron chi connectivity index (χ4n) is 4.88. The van der Waals surface area contributed by atoms with Gasteiger partial charge in [-0.15, -0.1) is 0 Å². The van der Waals surface area contributed by atoms with Crippen LogP contribution in [0.1, 0.15) is 6.42 Å². The van der Waals surface area contributed by atoms with Crippen molar-refractivity contribution in [1.82, 2.24) is 4.57 Å². The first-order chi connectivity index (χ1) is 17.0. The molecule has 0 atom stereocenters. The third kappa shape index (κ3) is 4.06. The molecule has 5 rings (SSSR count). The van der Waals surface area contributed by atoms with Gasteiger partial charge in [0.05, 0.1) is 0 Å². The Morgan fingerprint density at radius 2 is 1.00 bits per heavy atom. The zero-order valence-electron chi connectivity index (χ0n) is 20.0. The molecule has 0 aliphatic rings. The molecule has 0 aliphatic carbocycles. The van der Waals surface area contributed by atoms with Gasteiger partial charge in [0, 0.05) is 44.7 Å². The van der Waals surface area contributed by atoms with Crippen LogP contribution in [0.4, 0.5) is 0 Å². The van der Waals surface area contributed by atoms with E-state index in [4.69, 9.17) is 13.3 Å². The zero-order valence-corrected chi connectivity index (χ0v) is 21.0. The Morgan fingerprint density at radius 3 is 1.37 bits per heavy atom. The van der Waals surface area contributed by atoms with Crippen molar-refractivity contribution in [1.29, 1.82) is 0 Å². The lowest BCUT2D eigenvalue weighted by atomic mass is 9.99. The molecule has 1 heterocycles. The van der Waals surface area contributed by atoms with Gasteiger partial charge in [0.2, 0.25) is 0 Å². The molecule has 0 N–H and O–H groups in total. The minimum Gasteiger partial charge on any atom is -0.377 e. The molecule has 0 saturated heterocycles. The van der Waals surface area contributed by atoms with E-state index < -0.39 is 8.80 Å². The summed E-state index contributed by atoms with van der Waals surface area (Å²) in [7, 11) is 1.86. The van der Waals surface area contributed by atoms with Crippen LogP contribution < -0.4 is 11.1 Å². The van der Waals surface area contributed by atoms with Gasteiger partial charge in [-0.05, 0) is 63.0 Å². The van der Waals surface area contributed by atoms with Crippen molar-refractivity contribution in [2.75, 3.05) is 21.3 Å². The van der Waals surface area contributed by atoms with Gasteiger partial charge in [0.15, 0.2) is 0 Å². The fourth-order valence-corrected chi connectivity index (χ4v) is 6.58. The Kier molecular flexibility index (Phi) is 6.25. The van der Waals surface area contributed by atoms with Crippen LogP contribution in [0.3, 0.4) is 0 Å². The van der Waals surface area contributed by atoms with Crippen molar-refractivity contribution in [3.05, 3.63) is 93.5 Å². The van der Waals surface area contributed by atoms with Crippen LogP contribution in [0, 0.1) is 0 Å². The van der Waals surface area contributed by atoms with Crippen LogP contribution in [-0.4, -0.2) is 34.7 Å². The second-order valence-corrected chi connectivity index (χ2v) is 11.7. The quantitative estimate of drug-likeness (QED) is 0.301. The van der Waals surface area contributed by atoms with Crippen molar-refractivity contribution < 1.29 is 13.3 Å². The van der Waals surface area contributed by atoms with Crippen LogP contribution in [0.25, 0.3) is 43.1 Å². The van der Waals surface area contributed by atoms with Crippen LogP contribution in [-0.2, 0) is 19.8 Å². The Bertz CT molecular complexity index is 1570. The summed E-state index contributed by atoms with van der Waals surface area (Å²) in [5.41, 5.74) is -0.592. The van der Waals surface area contributed by atoms with Gasteiger partial charge < -0.3 is 13.3 Å². The van der Waals surface area contributed by atoms with E-state index in [1.54, 1.807) is 21.3 Å². The molecule has 7 heteroatoms. The van der Waals surface area contributed by atoms with Crippen molar-refractivity contribution in [3.8, 4) is 0 Å². The smallest absolute Gasteiger partial charge is 0.377 e. The van der Waals surface area contributed by atoms with E-state index in [9.17, 15) is 9.59 Å². The molecule has 6 nitrogen and oxygen atoms in total. The predicted molar refractivity (Wildman–Crippen MR) is 143 cm³/mol. The van der Waals surface area contributed by atoms with Crippen LogP contribution in [0.5, 0.6) is 0 Å². The van der Waals surface area contributed by atoms with E-state index in [0.29, 0.717) is 23.2 Å². The standard InChI is InChI=1S/C28H27NO5Si/c1-32-35(33-2,34-3)14-8-13-29-27(30)25-17-21-11-6-4-9-19(21)15-23(25)24-16-20-10-5-7-12-22(20)18-26(24)28(29)31/h4-7,9-12,15-18H,8,13-14H2,1-3H3. The molecule has 178 valence electrons.